The molecule has 1 aliphatic rings. The van der Waals surface area contributed by atoms with Crippen LogP contribution in [0.15, 0.2) is 48.5 Å². The van der Waals surface area contributed by atoms with Crippen LogP contribution >= 0.6 is 0 Å². The molecule has 1 saturated heterocycles. The summed E-state index contributed by atoms with van der Waals surface area (Å²) in [4.78, 5) is 29.1. The van der Waals surface area contributed by atoms with Crippen LogP contribution in [0.4, 0.5) is 11.4 Å². The van der Waals surface area contributed by atoms with Crippen molar-refractivity contribution >= 4 is 23.2 Å². The first kappa shape index (κ1) is 20.7. The van der Waals surface area contributed by atoms with Crippen molar-refractivity contribution in [3.8, 4) is 5.75 Å². The number of ether oxygens (including phenoxy) is 1. The predicted molar refractivity (Wildman–Crippen MR) is 116 cm³/mol. The van der Waals surface area contributed by atoms with Gasteiger partial charge in [0.05, 0.1) is 12.8 Å². The van der Waals surface area contributed by atoms with Crippen molar-refractivity contribution in [1.82, 2.24) is 4.90 Å². The summed E-state index contributed by atoms with van der Waals surface area (Å²) >= 11 is 0. The van der Waals surface area contributed by atoms with Crippen molar-refractivity contribution in [3.63, 3.8) is 0 Å². The number of carbonyl (C=O) groups is 2. The smallest absolute Gasteiger partial charge is 0.313 e. The highest BCUT2D eigenvalue weighted by Gasteiger charge is 2.28. The molecular weight excluding hydrogens is 366 g/mol. The van der Waals surface area contributed by atoms with Crippen LogP contribution in [0.25, 0.3) is 0 Å². The van der Waals surface area contributed by atoms with Crippen LogP contribution < -0.4 is 15.0 Å². The van der Waals surface area contributed by atoms with E-state index in [1.165, 1.54) is 0 Å². The SMILES string of the molecule is COc1ccccc1N1CCN(C(=O)C(=O)Nc2ccccc2C(C)(C)C)CC1. The van der Waals surface area contributed by atoms with E-state index in [4.69, 9.17) is 4.74 Å². The van der Waals surface area contributed by atoms with E-state index in [1.54, 1.807) is 12.0 Å². The molecule has 6 heteroatoms. The Morgan fingerprint density at radius 3 is 2.21 bits per heavy atom. The summed E-state index contributed by atoms with van der Waals surface area (Å²) in [5.41, 5.74) is 2.56. The van der Waals surface area contributed by atoms with Gasteiger partial charge in [-0.2, -0.15) is 0 Å². The number of anilines is 2. The lowest BCUT2D eigenvalue weighted by Crippen LogP contribution is -2.51. The molecule has 1 fully saturated rings. The second-order valence-electron chi connectivity index (χ2n) is 8.20. The number of rotatable bonds is 3. The molecule has 3 rings (SSSR count). The molecular formula is C23H29N3O3. The Labute approximate surface area is 172 Å². The average Bonchev–Trinajstić information content (AvgIpc) is 2.73. The molecule has 6 nitrogen and oxygen atoms in total. The van der Waals surface area contributed by atoms with Gasteiger partial charge in [0, 0.05) is 31.9 Å². The normalized spacial score (nSPS) is 14.5. The van der Waals surface area contributed by atoms with Gasteiger partial charge in [-0.25, -0.2) is 0 Å². The monoisotopic (exact) mass is 395 g/mol. The van der Waals surface area contributed by atoms with E-state index in [2.05, 4.69) is 31.0 Å². The van der Waals surface area contributed by atoms with Gasteiger partial charge in [0.2, 0.25) is 0 Å². The van der Waals surface area contributed by atoms with Gasteiger partial charge in [0.25, 0.3) is 0 Å². The first-order chi connectivity index (χ1) is 13.8. The summed E-state index contributed by atoms with van der Waals surface area (Å²) in [5, 5.41) is 2.81. The van der Waals surface area contributed by atoms with Crippen molar-refractivity contribution in [2.24, 2.45) is 0 Å². The minimum atomic E-state index is -0.590. The van der Waals surface area contributed by atoms with Gasteiger partial charge in [-0.15, -0.1) is 0 Å². The third-order valence-electron chi connectivity index (χ3n) is 5.17. The minimum absolute atomic E-state index is 0.132. The Kier molecular flexibility index (Phi) is 6.11. The van der Waals surface area contributed by atoms with E-state index in [9.17, 15) is 9.59 Å². The lowest BCUT2D eigenvalue weighted by atomic mass is 9.86. The first-order valence-electron chi connectivity index (χ1n) is 9.89. The van der Waals surface area contributed by atoms with Gasteiger partial charge in [-0.3, -0.25) is 9.59 Å². The van der Waals surface area contributed by atoms with E-state index >= 15 is 0 Å². The summed E-state index contributed by atoms with van der Waals surface area (Å²) in [5.74, 6) is -0.273. The minimum Gasteiger partial charge on any atom is -0.495 e. The number of benzene rings is 2. The number of nitrogens with one attached hydrogen (secondary N) is 1. The molecule has 0 radical (unpaired) electrons. The number of hydrogen-bond acceptors (Lipinski definition) is 4. The molecule has 154 valence electrons. The van der Waals surface area contributed by atoms with Crippen LogP contribution in [0.3, 0.4) is 0 Å². The Balaban J connectivity index is 1.63. The highest BCUT2D eigenvalue weighted by atomic mass is 16.5. The lowest BCUT2D eigenvalue weighted by Gasteiger charge is -2.36. The van der Waals surface area contributed by atoms with Crippen molar-refractivity contribution in [1.29, 1.82) is 0 Å². The van der Waals surface area contributed by atoms with Gasteiger partial charge in [0.15, 0.2) is 0 Å². The number of methoxy groups -OCH3 is 1. The third kappa shape index (κ3) is 4.70. The predicted octanol–water partition coefficient (Wildman–Crippen LogP) is 3.28. The van der Waals surface area contributed by atoms with Gasteiger partial charge in [-0.1, -0.05) is 51.1 Å². The number of para-hydroxylation sites is 3. The zero-order valence-corrected chi connectivity index (χ0v) is 17.6. The van der Waals surface area contributed by atoms with E-state index in [0.717, 1.165) is 17.0 Å². The number of hydrogen-bond donors (Lipinski definition) is 1. The van der Waals surface area contributed by atoms with Crippen molar-refractivity contribution in [2.45, 2.75) is 26.2 Å². The third-order valence-corrected chi connectivity index (χ3v) is 5.17. The molecule has 2 amide bonds. The molecule has 1 heterocycles. The number of amides is 2. The fourth-order valence-electron chi connectivity index (χ4n) is 3.61. The van der Waals surface area contributed by atoms with Crippen LogP contribution in [0.1, 0.15) is 26.3 Å². The zero-order valence-electron chi connectivity index (χ0n) is 17.6. The first-order valence-corrected chi connectivity index (χ1v) is 9.89. The van der Waals surface area contributed by atoms with Crippen LogP contribution in [0.5, 0.6) is 5.75 Å². The molecule has 1 N–H and O–H groups in total. The van der Waals surface area contributed by atoms with Gasteiger partial charge < -0.3 is 19.9 Å². The highest BCUT2D eigenvalue weighted by molar-refractivity contribution is 6.39. The molecule has 0 unspecified atom stereocenters. The van der Waals surface area contributed by atoms with Crippen LogP contribution in [-0.4, -0.2) is 50.0 Å². The molecule has 0 atom stereocenters. The molecule has 0 aliphatic carbocycles. The zero-order chi connectivity index (χ0) is 21.0. The van der Waals surface area contributed by atoms with Gasteiger partial charge in [0.1, 0.15) is 5.75 Å². The molecule has 0 aromatic heterocycles. The van der Waals surface area contributed by atoms with Crippen LogP contribution in [0.2, 0.25) is 0 Å². The van der Waals surface area contributed by atoms with Gasteiger partial charge >= 0.3 is 11.8 Å². The summed E-state index contributed by atoms with van der Waals surface area (Å²) < 4.78 is 5.43. The maximum atomic E-state index is 12.7. The molecule has 1 aliphatic heterocycles. The second kappa shape index (κ2) is 8.55. The van der Waals surface area contributed by atoms with E-state index in [1.807, 2.05) is 48.5 Å². The van der Waals surface area contributed by atoms with Crippen molar-refractivity contribution in [3.05, 3.63) is 54.1 Å². The maximum Gasteiger partial charge on any atom is 0.313 e. The molecule has 2 aromatic carbocycles. The molecule has 2 aromatic rings. The number of carbonyl (C=O) groups excluding carboxylic acids is 2. The number of nitrogens with zero attached hydrogens (tertiary/aromatic N) is 2. The van der Waals surface area contributed by atoms with E-state index in [-0.39, 0.29) is 5.41 Å². The fourth-order valence-corrected chi connectivity index (χ4v) is 3.61. The Morgan fingerprint density at radius 1 is 0.931 bits per heavy atom. The summed E-state index contributed by atoms with van der Waals surface area (Å²) in [6, 6.07) is 15.4. The van der Waals surface area contributed by atoms with Gasteiger partial charge in [-0.05, 0) is 29.2 Å². The summed E-state index contributed by atoms with van der Waals surface area (Å²) in [7, 11) is 1.65. The number of piperazine rings is 1. The summed E-state index contributed by atoms with van der Waals surface area (Å²) in [6.07, 6.45) is 0. The molecule has 0 bridgehead atoms. The van der Waals surface area contributed by atoms with Crippen LogP contribution in [-0.2, 0) is 15.0 Å². The second-order valence-corrected chi connectivity index (χ2v) is 8.20. The maximum absolute atomic E-state index is 12.7. The average molecular weight is 396 g/mol. The molecule has 0 saturated carbocycles. The topological polar surface area (TPSA) is 61.9 Å². The Bertz CT molecular complexity index is 881. The van der Waals surface area contributed by atoms with E-state index in [0.29, 0.717) is 31.9 Å². The van der Waals surface area contributed by atoms with Crippen molar-refractivity contribution in [2.75, 3.05) is 43.5 Å². The van der Waals surface area contributed by atoms with Crippen molar-refractivity contribution < 1.29 is 14.3 Å². The largest absolute Gasteiger partial charge is 0.495 e. The summed E-state index contributed by atoms with van der Waals surface area (Å²) in [6.45, 7) is 8.52. The molecule has 0 spiro atoms. The standard InChI is InChI=1S/C23H29N3O3/c1-23(2,3)17-9-5-6-10-18(17)24-21(27)22(28)26-15-13-25(14-16-26)19-11-7-8-12-20(19)29-4/h5-12H,13-16H2,1-4H3,(H,24,27). The van der Waals surface area contributed by atoms with Crippen LogP contribution in [0, 0.1) is 0 Å². The fraction of sp³-hybridized carbons (Fsp3) is 0.391. The Morgan fingerprint density at radius 2 is 1.55 bits per heavy atom. The molecule has 29 heavy (non-hydrogen) atoms. The Hall–Kier alpha value is -3.02. The lowest BCUT2D eigenvalue weighted by molar-refractivity contribution is -0.143. The van der Waals surface area contributed by atoms with E-state index < -0.39 is 11.8 Å². The highest BCUT2D eigenvalue weighted by Crippen LogP contribution is 2.30. The quantitative estimate of drug-likeness (QED) is 0.811.